The zero-order valence-corrected chi connectivity index (χ0v) is 13.1. The van der Waals surface area contributed by atoms with Gasteiger partial charge in [0.05, 0.1) is 7.11 Å². The van der Waals surface area contributed by atoms with Crippen LogP contribution >= 0.6 is 0 Å². The number of benzene rings is 2. The number of ether oxygens (including phenoxy) is 1. The Morgan fingerprint density at radius 3 is 2.45 bits per heavy atom. The molecule has 1 amide bonds. The van der Waals surface area contributed by atoms with Crippen LogP contribution in [0.15, 0.2) is 42.5 Å². The van der Waals surface area contributed by atoms with Crippen LogP contribution in [0.5, 0.6) is 0 Å². The molecule has 0 saturated heterocycles. The number of hydrogen-bond donors (Lipinski definition) is 1. The molecule has 0 unspecified atom stereocenters. The number of esters is 1. The lowest BCUT2D eigenvalue weighted by atomic mass is 9.98. The number of rotatable bonds is 5. The molecule has 0 aliphatic rings. The van der Waals surface area contributed by atoms with Gasteiger partial charge in [0.2, 0.25) is 0 Å². The second-order valence-electron chi connectivity index (χ2n) is 5.42. The largest absolute Gasteiger partial charge is 0.467 e. The SMILES string of the molecule is CC[C@H](C)[C@H](NC(=O)c1ccc2ccccc2c1)C(=O)OC. The quantitative estimate of drug-likeness (QED) is 0.863. The van der Waals surface area contributed by atoms with Gasteiger partial charge in [0.15, 0.2) is 0 Å². The van der Waals surface area contributed by atoms with Crippen LogP contribution in [0.2, 0.25) is 0 Å². The molecule has 0 aliphatic carbocycles. The van der Waals surface area contributed by atoms with E-state index in [1.165, 1.54) is 7.11 Å². The molecule has 4 nitrogen and oxygen atoms in total. The average Bonchev–Trinajstić information content (AvgIpc) is 2.57. The highest BCUT2D eigenvalue weighted by Gasteiger charge is 2.27. The summed E-state index contributed by atoms with van der Waals surface area (Å²) in [7, 11) is 1.33. The third-order valence-electron chi connectivity index (χ3n) is 3.97. The number of amides is 1. The Hall–Kier alpha value is -2.36. The van der Waals surface area contributed by atoms with Gasteiger partial charge in [-0.15, -0.1) is 0 Å². The fraction of sp³-hybridized carbons (Fsp3) is 0.333. The third-order valence-corrected chi connectivity index (χ3v) is 3.97. The zero-order chi connectivity index (χ0) is 16.1. The molecule has 22 heavy (non-hydrogen) atoms. The second kappa shape index (κ2) is 7.07. The van der Waals surface area contributed by atoms with Crippen LogP contribution in [0.25, 0.3) is 10.8 Å². The van der Waals surface area contributed by atoms with E-state index < -0.39 is 12.0 Å². The first-order valence-electron chi connectivity index (χ1n) is 7.44. The summed E-state index contributed by atoms with van der Waals surface area (Å²) in [6, 6.07) is 12.7. The Morgan fingerprint density at radius 1 is 1.14 bits per heavy atom. The molecule has 2 aromatic rings. The molecule has 2 rings (SSSR count). The van der Waals surface area contributed by atoms with Crippen LogP contribution in [0.1, 0.15) is 30.6 Å². The minimum atomic E-state index is -0.631. The van der Waals surface area contributed by atoms with Gasteiger partial charge in [0.25, 0.3) is 5.91 Å². The normalized spacial score (nSPS) is 13.4. The second-order valence-corrected chi connectivity index (χ2v) is 5.42. The number of carbonyl (C=O) groups excluding carboxylic acids is 2. The summed E-state index contributed by atoms with van der Waals surface area (Å²) < 4.78 is 4.79. The first-order chi connectivity index (χ1) is 10.6. The van der Waals surface area contributed by atoms with E-state index in [1.54, 1.807) is 6.07 Å². The van der Waals surface area contributed by atoms with Crippen molar-refractivity contribution < 1.29 is 14.3 Å². The number of carbonyl (C=O) groups is 2. The summed E-state index contributed by atoms with van der Waals surface area (Å²) in [5.74, 6) is -0.665. The highest BCUT2D eigenvalue weighted by atomic mass is 16.5. The van der Waals surface area contributed by atoms with Crippen molar-refractivity contribution in [2.45, 2.75) is 26.3 Å². The smallest absolute Gasteiger partial charge is 0.328 e. The van der Waals surface area contributed by atoms with Gasteiger partial charge >= 0.3 is 5.97 Å². The summed E-state index contributed by atoms with van der Waals surface area (Å²) in [5.41, 5.74) is 0.538. The Kier molecular flexibility index (Phi) is 5.15. The van der Waals surface area contributed by atoms with Gasteiger partial charge in [-0.1, -0.05) is 50.6 Å². The van der Waals surface area contributed by atoms with Crippen LogP contribution in [-0.4, -0.2) is 25.0 Å². The summed E-state index contributed by atoms with van der Waals surface area (Å²) in [6.07, 6.45) is 0.776. The molecular weight excluding hydrogens is 278 g/mol. The van der Waals surface area contributed by atoms with Gasteiger partial charge < -0.3 is 10.1 Å². The minimum absolute atomic E-state index is 0.0110. The van der Waals surface area contributed by atoms with E-state index in [-0.39, 0.29) is 11.8 Å². The maximum absolute atomic E-state index is 12.4. The molecule has 0 spiro atoms. The summed E-state index contributed by atoms with van der Waals surface area (Å²) in [6.45, 7) is 3.89. The zero-order valence-electron chi connectivity index (χ0n) is 13.1. The fourth-order valence-electron chi connectivity index (χ4n) is 2.35. The van der Waals surface area contributed by atoms with Crippen molar-refractivity contribution in [3.05, 3.63) is 48.0 Å². The summed E-state index contributed by atoms with van der Waals surface area (Å²) in [5, 5.41) is 4.85. The van der Waals surface area contributed by atoms with Crippen molar-refractivity contribution in [3.63, 3.8) is 0 Å². The minimum Gasteiger partial charge on any atom is -0.467 e. The Labute approximate surface area is 130 Å². The maximum Gasteiger partial charge on any atom is 0.328 e. The molecule has 4 heteroatoms. The van der Waals surface area contributed by atoms with E-state index in [0.717, 1.165) is 17.2 Å². The predicted octanol–water partition coefficient (Wildman–Crippen LogP) is 3.16. The van der Waals surface area contributed by atoms with E-state index in [9.17, 15) is 9.59 Å². The predicted molar refractivity (Wildman–Crippen MR) is 86.7 cm³/mol. The molecule has 0 aromatic heterocycles. The Morgan fingerprint density at radius 2 is 1.82 bits per heavy atom. The number of methoxy groups -OCH3 is 1. The number of nitrogens with one attached hydrogen (secondary N) is 1. The molecule has 2 aromatic carbocycles. The molecule has 0 saturated carbocycles. The molecule has 2 atom stereocenters. The number of fused-ring (bicyclic) bond motifs is 1. The van der Waals surface area contributed by atoms with Gasteiger partial charge in [0, 0.05) is 5.56 Å². The summed E-state index contributed by atoms with van der Waals surface area (Å²) >= 11 is 0. The van der Waals surface area contributed by atoms with E-state index in [4.69, 9.17) is 4.74 Å². The third kappa shape index (κ3) is 3.45. The van der Waals surface area contributed by atoms with E-state index in [0.29, 0.717) is 5.56 Å². The standard InChI is InChI=1S/C18H21NO3/c1-4-12(2)16(18(21)22-3)19-17(20)15-10-9-13-7-5-6-8-14(13)11-15/h5-12,16H,4H2,1-3H3,(H,19,20)/t12-,16-/m0/s1. The topological polar surface area (TPSA) is 55.4 Å². The average molecular weight is 299 g/mol. The summed E-state index contributed by atoms with van der Waals surface area (Å²) in [4.78, 5) is 24.3. The van der Waals surface area contributed by atoms with Crippen molar-refractivity contribution in [2.24, 2.45) is 5.92 Å². The van der Waals surface area contributed by atoms with E-state index in [2.05, 4.69) is 5.32 Å². The van der Waals surface area contributed by atoms with E-state index in [1.807, 2.05) is 50.2 Å². The van der Waals surface area contributed by atoms with E-state index >= 15 is 0 Å². The van der Waals surface area contributed by atoms with Crippen LogP contribution in [-0.2, 0) is 9.53 Å². The highest BCUT2D eigenvalue weighted by molar-refractivity contribution is 6.00. The highest BCUT2D eigenvalue weighted by Crippen LogP contribution is 2.16. The molecule has 0 bridgehead atoms. The van der Waals surface area contributed by atoms with Crippen molar-refractivity contribution in [2.75, 3.05) is 7.11 Å². The van der Waals surface area contributed by atoms with Gasteiger partial charge in [-0.05, 0) is 28.8 Å². The fourth-order valence-corrected chi connectivity index (χ4v) is 2.35. The van der Waals surface area contributed by atoms with Crippen molar-refractivity contribution in [3.8, 4) is 0 Å². The molecule has 0 aliphatic heterocycles. The van der Waals surface area contributed by atoms with Gasteiger partial charge in [0.1, 0.15) is 6.04 Å². The molecule has 116 valence electrons. The van der Waals surface area contributed by atoms with Crippen molar-refractivity contribution in [1.82, 2.24) is 5.32 Å². The molecule has 0 heterocycles. The van der Waals surface area contributed by atoms with Gasteiger partial charge in [-0.2, -0.15) is 0 Å². The van der Waals surface area contributed by atoms with Crippen molar-refractivity contribution in [1.29, 1.82) is 0 Å². The number of hydrogen-bond acceptors (Lipinski definition) is 3. The van der Waals surface area contributed by atoms with Crippen LogP contribution < -0.4 is 5.32 Å². The monoisotopic (exact) mass is 299 g/mol. The Bertz CT molecular complexity index is 681. The maximum atomic E-state index is 12.4. The van der Waals surface area contributed by atoms with Crippen molar-refractivity contribution >= 4 is 22.6 Å². The van der Waals surface area contributed by atoms with Gasteiger partial charge in [-0.25, -0.2) is 4.79 Å². The molecular formula is C18H21NO3. The van der Waals surface area contributed by atoms with Crippen LogP contribution in [0, 0.1) is 5.92 Å². The van der Waals surface area contributed by atoms with Crippen LogP contribution in [0.3, 0.4) is 0 Å². The molecule has 1 N–H and O–H groups in total. The molecule has 0 radical (unpaired) electrons. The lowest BCUT2D eigenvalue weighted by Gasteiger charge is -2.21. The first kappa shape index (κ1) is 16.0. The van der Waals surface area contributed by atoms with Crippen LogP contribution in [0.4, 0.5) is 0 Å². The lowest BCUT2D eigenvalue weighted by Crippen LogP contribution is -2.45. The first-order valence-corrected chi connectivity index (χ1v) is 7.44. The Balaban J connectivity index is 2.22. The van der Waals surface area contributed by atoms with Gasteiger partial charge in [-0.3, -0.25) is 4.79 Å². The molecule has 0 fully saturated rings. The lowest BCUT2D eigenvalue weighted by molar-refractivity contribution is -0.144.